The molecule has 0 aliphatic heterocycles. The van der Waals surface area contributed by atoms with Crippen LogP contribution in [0.15, 0.2) is 46.9 Å². The molecule has 0 heterocycles. The van der Waals surface area contributed by atoms with Gasteiger partial charge in [-0.1, -0.05) is 32.0 Å². The minimum atomic E-state index is -0.259. The molecule has 0 aliphatic rings. The SMILES string of the molecule is CC(C)c1cccc(OCc2ccc(F)c(Br)c2)c1. The molecule has 19 heavy (non-hydrogen) atoms. The first-order chi connectivity index (χ1) is 9.06. The second-order valence-corrected chi connectivity index (χ2v) is 5.62. The van der Waals surface area contributed by atoms with Crippen molar-refractivity contribution in [2.45, 2.75) is 26.4 Å². The van der Waals surface area contributed by atoms with Crippen LogP contribution in [0.4, 0.5) is 4.39 Å². The molecule has 0 aliphatic carbocycles. The zero-order valence-electron chi connectivity index (χ0n) is 11.0. The second-order valence-electron chi connectivity index (χ2n) is 4.76. The largest absolute Gasteiger partial charge is 0.489 e. The van der Waals surface area contributed by atoms with Crippen LogP contribution in [0, 0.1) is 5.82 Å². The number of benzene rings is 2. The fourth-order valence-corrected chi connectivity index (χ4v) is 2.19. The minimum Gasteiger partial charge on any atom is -0.489 e. The van der Waals surface area contributed by atoms with E-state index < -0.39 is 0 Å². The summed E-state index contributed by atoms with van der Waals surface area (Å²) in [4.78, 5) is 0. The van der Waals surface area contributed by atoms with Crippen molar-refractivity contribution in [3.05, 3.63) is 63.9 Å². The quantitative estimate of drug-likeness (QED) is 0.743. The van der Waals surface area contributed by atoms with Crippen LogP contribution in [0.5, 0.6) is 5.75 Å². The molecular weight excluding hydrogens is 307 g/mol. The molecule has 100 valence electrons. The van der Waals surface area contributed by atoms with E-state index in [1.807, 2.05) is 18.2 Å². The van der Waals surface area contributed by atoms with E-state index in [2.05, 4.69) is 35.8 Å². The average molecular weight is 323 g/mol. The summed E-state index contributed by atoms with van der Waals surface area (Å²) in [6.45, 7) is 4.73. The Bertz CT molecular complexity index is 566. The number of hydrogen-bond donors (Lipinski definition) is 0. The normalized spacial score (nSPS) is 10.8. The monoisotopic (exact) mass is 322 g/mol. The molecule has 0 N–H and O–H groups in total. The lowest BCUT2D eigenvalue weighted by Crippen LogP contribution is -1.97. The van der Waals surface area contributed by atoms with Crippen molar-refractivity contribution in [3.63, 3.8) is 0 Å². The topological polar surface area (TPSA) is 9.23 Å². The van der Waals surface area contributed by atoms with Crippen molar-refractivity contribution < 1.29 is 9.13 Å². The van der Waals surface area contributed by atoms with E-state index in [1.165, 1.54) is 11.6 Å². The smallest absolute Gasteiger partial charge is 0.137 e. The third-order valence-electron chi connectivity index (χ3n) is 2.91. The van der Waals surface area contributed by atoms with Gasteiger partial charge in [-0.05, 0) is 57.2 Å². The van der Waals surface area contributed by atoms with Crippen LogP contribution in [0.3, 0.4) is 0 Å². The van der Waals surface area contributed by atoms with E-state index >= 15 is 0 Å². The molecule has 2 aromatic rings. The highest BCUT2D eigenvalue weighted by Crippen LogP contribution is 2.22. The summed E-state index contributed by atoms with van der Waals surface area (Å²) in [6.07, 6.45) is 0. The Labute approximate surface area is 121 Å². The molecule has 3 heteroatoms. The summed E-state index contributed by atoms with van der Waals surface area (Å²) in [6, 6.07) is 13.0. The molecule has 0 aromatic heterocycles. The van der Waals surface area contributed by atoms with E-state index in [-0.39, 0.29) is 5.82 Å². The summed E-state index contributed by atoms with van der Waals surface area (Å²) < 4.78 is 19.3. The van der Waals surface area contributed by atoms with Gasteiger partial charge in [-0.2, -0.15) is 0 Å². The van der Waals surface area contributed by atoms with Gasteiger partial charge >= 0.3 is 0 Å². The molecule has 2 aromatic carbocycles. The Balaban J connectivity index is 2.05. The van der Waals surface area contributed by atoms with E-state index in [4.69, 9.17) is 4.74 Å². The van der Waals surface area contributed by atoms with E-state index in [9.17, 15) is 4.39 Å². The van der Waals surface area contributed by atoms with Crippen LogP contribution >= 0.6 is 15.9 Å². The van der Waals surface area contributed by atoms with Gasteiger partial charge in [-0.15, -0.1) is 0 Å². The molecule has 2 rings (SSSR count). The number of ether oxygens (including phenoxy) is 1. The molecule has 0 saturated heterocycles. The van der Waals surface area contributed by atoms with Crippen LogP contribution in [0.2, 0.25) is 0 Å². The van der Waals surface area contributed by atoms with Crippen LogP contribution in [-0.4, -0.2) is 0 Å². The second kappa shape index (κ2) is 6.20. The fourth-order valence-electron chi connectivity index (χ4n) is 1.76. The first-order valence-electron chi connectivity index (χ1n) is 6.23. The van der Waals surface area contributed by atoms with Crippen LogP contribution in [0.25, 0.3) is 0 Å². The molecule has 0 bridgehead atoms. The maximum Gasteiger partial charge on any atom is 0.137 e. The zero-order valence-corrected chi connectivity index (χ0v) is 12.6. The van der Waals surface area contributed by atoms with Crippen molar-refractivity contribution in [3.8, 4) is 5.75 Å². The third-order valence-corrected chi connectivity index (χ3v) is 3.52. The van der Waals surface area contributed by atoms with Crippen molar-refractivity contribution in [1.29, 1.82) is 0 Å². The minimum absolute atomic E-state index is 0.259. The van der Waals surface area contributed by atoms with Gasteiger partial charge in [0.1, 0.15) is 18.2 Å². The van der Waals surface area contributed by atoms with Crippen molar-refractivity contribution in [2.24, 2.45) is 0 Å². The predicted molar refractivity (Wildman–Crippen MR) is 79.0 cm³/mol. The molecule has 0 atom stereocenters. The molecule has 0 unspecified atom stereocenters. The standard InChI is InChI=1S/C16H16BrFO/c1-11(2)13-4-3-5-14(9-13)19-10-12-6-7-16(18)15(17)8-12/h3-9,11H,10H2,1-2H3. The molecule has 1 nitrogen and oxygen atoms in total. The number of halogens is 2. The maximum absolute atomic E-state index is 13.1. The molecule has 0 spiro atoms. The first kappa shape index (κ1) is 14.1. The number of rotatable bonds is 4. The van der Waals surface area contributed by atoms with Gasteiger partial charge in [0.05, 0.1) is 4.47 Å². The zero-order chi connectivity index (χ0) is 13.8. The molecule has 0 amide bonds. The lowest BCUT2D eigenvalue weighted by molar-refractivity contribution is 0.305. The van der Waals surface area contributed by atoms with Gasteiger partial charge in [0, 0.05) is 0 Å². The van der Waals surface area contributed by atoms with Crippen LogP contribution < -0.4 is 4.74 Å². The Morgan fingerprint density at radius 1 is 1.16 bits per heavy atom. The Morgan fingerprint density at radius 3 is 2.63 bits per heavy atom. The molecular formula is C16H16BrFO. The summed E-state index contributed by atoms with van der Waals surface area (Å²) >= 11 is 3.17. The van der Waals surface area contributed by atoms with Gasteiger partial charge in [0.2, 0.25) is 0 Å². The highest BCUT2D eigenvalue weighted by Gasteiger charge is 2.03. The highest BCUT2D eigenvalue weighted by atomic mass is 79.9. The lowest BCUT2D eigenvalue weighted by atomic mass is 10.0. The van der Waals surface area contributed by atoms with Gasteiger partial charge in [-0.3, -0.25) is 0 Å². The Kier molecular flexibility index (Phi) is 4.59. The summed E-state index contributed by atoms with van der Waals surface area (Å²) in [5.41, 5.74) is 2.18. The van der Waals surface area contributed by atoms with Crippen LogP contribution in [0.1, 0.15) is 30.9 Å². The maximum atomic E-state index is 13.1. The first-order valence-corrected chi connectivity index (χ1v) is 7.02. The molecule has 0 saturated carbocycles. The Hall–Kier alpha value is -1.35. The fraction of sp³-hybridized carbons (Fsp3) is 0.250. The van der Waals surface area contributed by atoms with Crippen molar-refractivity contribution in [1.82, 2.24) is 0 Å². The van der Waals surface area contributed by atoms with Crippen molar-refractivity contribution >= 4 is 15.9 Å². The van der Waals surface area contributed by atoms with Gasteiger partial charge in [0.25, 0.3) is 0 Å². The summed E-state index contributed by atoms with van der Waals surface area (Å²) in [5.74, 6) is 1.06. The summed E-state index contributed by atoms with van der Waals surface area (Å²) in [7, 11) is 0. The predicted octanol–water partition coefficient (Wildman–Crippen LogP) is 5.29. The van der Waals surface area contributed by atoms with Crippen LogP contribution in [-0.2, 0) is 6.61 Å². The summed E-state index contributed by atoms with van der Waals surface area (Å²) in [5, 5.41) is 0. The highest BCUT2D eigenvalue weighted by molar-refractivity contribution is 9.10. The molecule has 0 fully saturated rings. The van der Waals surface area contributed by atoms with Gasteiger partial charge in [0.15, 0.2) is 0 Å². The third kappa shape index (κ3) is 3.80. The average Bonchev–Trinajstić information content (AvgIpc) is 2.40. The molecule has 0 radical (unpaired) electrons. The van der Waals surface area contributed by atoms with E-state index in [0.29, 0.717) is 17.0 Å². The Morgan fingerprint density at radius 2 is 1.95 bits per heavy atom. The van der Waals surface area contributed by atoms with E-state index in [0.717, 1.165) is 11.3 Å². The van der Waals surface area contributed by atoms with Crippen molar-refractivity contribution in [2.75, 3.05) is 0 Å². The van der Waals surface area contributed by atoms with Gasteiger partial charge in [-0.25, -0.2) is 4.39 Å². The van der Waals surface area contributed by atoms with Gasteiger partial charge < -0.3 is 4.74 Å². The number of hydrogen-bond acceptors (Lipinski definition) is 1. The van der Waals surface area contributed by atoms with E-state index in [1.54, 1.807) is 12.1 Å². The lowest BCUT2D eigenvalue weighted by Gasteiger charge is -2.10.